The molecule has 0 amide bonds. The van der Waals surface area contributed by atoms with Crippen LogP contribution in [0.4, 0.5) is 18.9 Å². The fraction of sp³-hybridized carbons (Fsp3) is 0.273. The third-order valence-electron chi connectivity index (χ3n) is 5.35. The van der Waals surface area contributed by atoms with Crippen molar-refractivity contribution < 1.29 is 21.6 Å². The molecule has 172 valence electrons. The molecule has 0 atom stereocenters. The van der Waals surface area contributed by atoms with E-state index in [1.54, 1.807) is 34.5 Å². The van der Waals surface area contributed by atoms with Crippen LogP contribution in [0.3, 0.4) is 0 Å². The molecule has 0 saturated carbocycles. The Hall–Kier alpha value is -3.10. The minimum Gasteiger partial charge on any atom is -0.372 e. The predicted octanol–water partition coefficient (Wildman–Crippen LogP) is 4.58. The van der Waals surface area contributed by atoms with Gasteiger partial charge in [0.05, 0.1) is 5.52 Å². The number of halogens is 3. The number of hydrogen-bond acceptors (Lipinski definition) is 7. The first-order valence-electron chi connectivity index (χ1n) is 9.98. The molecule has 0 spiro atoms. The van der Waals surface area contributed by atoms with Crippen LogP contribution in [0, 0.1) is 18.3 Å². The summed E-state index contributed by atoms with van der Waals surface area (Å²) in [6.07, 6.45) is -3.25. The lowest BCUT2D eigenvalue weighted by molar-refractivity contribution is -0.140. The number of benzene rings is 1. The first-order valence-corrected chi connectivity index (χ1v) is 12.3. The normalized spacial score (nSPS) is 15.7. The zero-order valence-electron chi connectivity index (χ0n) is 17.5. The number of alkyl halides is 3. The van der Waals surface area contributed by atoms with Gasteiger partial charge in [-0.1, -0.05) is 17.7 Å². The minimum absolute atomic E-state index is 0.0900. The molecule has 1 aliphatic rings. The maximum atomic E-state index is 13.4. The number of nitriles is 1. The zero-order valence-corrected chi connectivity index (χ0v) is 19.1. The van der Waals surface area contributed by atoms with Crippen molar-refractivity contribution in [3.8, 4) is 6.07 Å². The van der Waals surface area contributed by atoms with Gasteiger partial charge in [0.25, 0.3) is 0 Å². The van der Waals surface area contributed by atoms with Gasteiger partial charge in [0.2, 0.25) is 9.84 Å². The number of fused-ring (bicyclic) bond motifs is 1. The summed E-state index contributed by atoms with van der Waals surface area (Å²) >= 11 is 1.03. The van der Waals surface area contributed by atoms with Gasteiger partial charge in [-0.25, -0.2) is 13.4 Å². The molecule has 1 fully saturated rings. The number of nitrogens with zero attached hydrogens (tertiary/aromatic N) is 4. The van der Waals surface area contributed by atoms with Gasteiger partial charge < -0.3 is 9.80 Å². The number of rotatable bonds is 4. The Morgan fingerprint density at radius 1 is 1.18 bits per heavy atom. The van der Waals surface area contributed by atoms with Crippen LogP contribution in [0.5, 0.6) is 0 Å². The standard InChI is InChI=1S/C22H19F3N4O2S2/c1-15-4-5-18-17(11-15)19(12-20(27-18)22(23,24)25)29-8-6-28(7-9-29)14-16(13-26)33(30,31)21-3-2-10-32-21/h2-5,10-12,14H,6-9H2,1H3/b16-14+. The number of thiophene rings is 1. The molecule has 0 radical (unpaired) electrons. The van der Waals surface area contributed by atoms with Crippen molar-refractivity contribution in [1.29, 1.82) is 5.26 Å². The lowest BCUT2D eigenvalue weighted by Gasteiger charge is -2.36. The molecule has 6 nitrogen and oxygen atoms in total. The molecule has 1 aromatic carbocycles. The summed E-state index contributed by atoms with van der Waals surface area (Å²) in [5, 5.41) is 11.7. The molecule has 11 heteroatoms. The van der Waals surface area contributed by atoms with Gasteiger partial charge in [-0.2, -0.15) is 18.4 Å². The van der Waals surface area contributed by atoms with Crippen LogP contribution in [-0.4, -0.2) is 44.5 Å². The summed E-state index contributed by atoms with van der Waals surface area (Å²) in [6, 6.07) is 11.0. The van der Waals surface area contributed by atoms with E-state index in [2.05, 4.69) is 4.98 Å². The molecule has 3 heterocycles. The van der Waals surface area contributed by atoms with Crippen LogP contribution in [0.2, 0.25) is 0 Å². The van der Waals surface area contributed by atoms with E-state index < -0.39 is 21.7 Å². The Morgan fingerprint density at radius 3 is 2.52 bits per heavy atom. The van der Waals surface area contributed by atoms with Crippen LogP contribution in [0.15, 0.2) is 57.1 Å². The number of allylic oxidation sites excluding steroid dienone is 1. The van der Waals surface area contributed by atoms with E-state index in [1.807, 2.05) is 17.9 Å². The molecule has 4 rings (SSSR count). The number of hydrogen-bond donors (Lipinski definition) is 0. The molecular weight excluding hydrogens is 473 g/mol. The molecule has 2 aromatic heterocycles. The Bertz CT molecular complexity index is 1350. The summed E-state index contributed by atoms with van der Waals surface area (Å²) in [5.74, 6) is 0. The highest BCUT2D eigenvalue weighted by atomic mass is 32.2. The largest absolute Gasteiger partial charge is 0.433 e. The number of pyridine rings is 1. The van der Waals surface area contributed by atoms with Crippen LogP contribution in [0.25, 0.3) is 10.9 Å². The van der Waals surface area contributed by atoms with Gasteiger partial charge in [0.1, 0.15) is 16.0 Å². The van der Waals surface area contributed by atoms with E-state index in [-0.39, 0.29) is 14.6 Å². The molecule has 0 bridgehead atoms. The van der Waals surface area contributed by atoms with Crippen LogP contribution in [-0.2, 0) is 16.0 Å². The lowest BCUT2D eigenvalue weighted by atomic mass is 10.1. The fourth-order valence-electron chi connectivity index (χ4n) is 3.67. The molecule has 33 heavy (non-hydrogen) atoms. The van der Waals surface area contributed by atoms with Crippen LogP contribution >= 0.6 is 11.3 Å². The molecular formula is C22H19F3N4O2S2. The minimum atomic E-state index is -4.57. The number of aryl methyl sites for hydroxylation is 1. The molecule has 0 unspecified atom stereocenters. The van der Waals surface area contributed by atoms with Crippen LogP contribution < -0.4 is 4.90 Å². The Labute approximate surface area is 193 Å². The quantitative estimate of drug-likeness (QED) is 0.496. The van der Waals surface area contributed by atoms with Crippen LogP contribution in [0.1, 0.15) is 11.3 Å². The number of anilines is 1. The van der Waals surface area contributed by atoms with Crippen molar-refractivity contribution in [2.45, 2.75) is 17.3 Å². The van der Waals surface area contributed by atoms with E-state index in [9.17, 15) is 26.9 Å². The van der Waals surface area contributed by atoms with Crippen molar-refractivity contribution >= 4 is 37.8 Å². The second-order valence-electron chi connectivity index (χ2n) is 7.61. The summed E-state index contributed by atoms with van der Waals surface area (Å²) < 4.78 is 65.7. The fourth-order valence-corrected chi connectivity index (χ4v) is 5.94. The van der Waals surface area contributed by atoms with Crippen molar-refractivity contribution in [2.24, 2.45) is 0 Å². The average Bonchev–Trinajstić information content (AvgIpc) is 3.32. The van der Waals surface area contributed by atoms with Gasteiger partial charge in [0, 0.05) is 43.5 Å². The summed E-state index contributed by atoms with van der Waals surface area (Å²) in [6.45, 7) is 3.28. The van der Waals surface area contributed by atoms with Gasteiger partial charge in [-0.15, -0.1) is 11.3 Å². The van der Waals surface area contributed by atoms with E-state index >= 15 is 0 Å². The average molecular weight is 493 g/mol. The first kappa shape index (κ1) is 23.1. The summed E-state index contributed by atoms with van der Waals surface area (Å²) in [4.78, 5) is 6.97. The highest BCUT2D eigenvalue weighted by molar-refractivity contribution is 7.97. The van der Waals surface area contributed by atoms with E-state index in [1.165, 1.54) is 12.3 Å². The van der Waals surface area contributed by atoms with Gasteiger partial charge in [-0.3, -0.25) is 0 Å². The molecule has 0 aliphatic carbocycles. The molecule has 1 saturated heterocycles. The Morgan fingerprint density at radius 2 is 1.91 bits per heavy atom. The smallest absolute Gasteiger partial charge is 0.372 e. The third kappa shape index (κ3) is 4.67. The van der Waals surface area contributed by atoms with Gasteiger partial charge >= 0.3 is 6.18 Å². The number of aromatic nitrogens is 1. The van der Waals surface area contributed by atoms with Gasteiger partial charge in [-0.05, 0) is 36.6 Å². The lowest BCUT2D eigenvalue weighted by Crippen LogP contribution is -2.44. The second kappa shape index (κ2) is 8.68. The van der Waals surface area contributed by atoms with Crippen molar-refractivity contribution in [2.75, 3.05) is 31.1 Å². The second-order valence-corrected chi connectivity index (χ2v) is 10.7. The molecule has 0 N–H and O–H groups in total. The summed E-state index contributed by atoms with van der Waals surface area (Å²) in [5.41, 5.74) is 0.655. The number of sulfone groups is 1. The topological polar surface area (TPSA) is 77.3 Å². The van der Waals surface area contributed by atoms with E-state index in [4.69, 9.17) is 0 Å². The van der Waals surface area contributed by atoms with E-state index in [0.29, 0.717) is 37.3 Å². The maximum Gasteiger partial charge on any atom is 0.433 e. The monoisotopic (exact) mass is 492 g/mol. The molecule has 3 aromatic rings. The Balaban J connectivity index is 1.61. The first-order chi connectivity index (χ1) is 15.6. The Kier molecular flexibility index (Phi) is 6.07. The van der Waals surface area contributed by atoms with Crippen molar-refractivity contribution in [3.63, 3.8) is 0 Å². The maximum absolute atomic E-state index is 13.4. The summed E-state index contributed by atoms with van der Waals surface area (Å²) in [7, 11) is -3.90. The SMILES string of the molecule is Cc1ccc2nc(C(F)(F)F)cc(N3CCN(/C=C(\C#N)S(=O)(=O)c4cccs4)CC3)c2c1. The third-order valence-corrected chi connectivity index (χ3v) is 8.40. The number of piperazine rings is 1. The molecule has 1 aliphatic heterocycles. The zero-order chi connectivity index (χ0) is 23.8. The van der Waals surface area contributed by atoms with E-state index in [0.717, 1.165) is 23.0 Å². The van der Waals surface area contributed by atoms with Crippen molar-refractivity contribution in [1.82, 2.24) is 9.88 Å². The predicted molar refractivity (Wildman–Crippen MR) is 120 cm³/mol. The van der Waals surface area contributed by atoms with Crippen molar-refractivity contribution in [3.05, 3.63) is 64.1 Å². The highest BCUT2D eigenvalue weighted by Crippen LogP contribution is 2.35. The highest BCUT2D eigenvalue weighted by Gasteiger charge is 2.34. The van der Waals surface area contributed by atoms with Gasteiger partial charge in [0.15, 0.2) is 4.91 Å².